The van der Waals surface area contributed by atoms with E-state index >= 15 is 0 Å². The molecule has 0 bridgehead atoms. The molecule has 0 saturated carbocycles. The van der Waals surface area contributed by atoms with Crippen LogP contribution in [-0.4, -0.2) is 59.9 Å². The number of hydrogen-bond donors (Lipinski definition) is 0. The lowest BCUT2D eigenvalue weighted by atomic mass is 9.91. The highest BCUT2D eigenvalue weighted by atomic mass is 127. The van der Waals surface area contributed by atoms with Crippen LogP contribution in [0.3, 0.4) is 0 Å². The fourth-order valence-electron chi connectivity index (χ4n) is 2.40. The van der Waals surface area contributed by atoms with E-state index in [-0.39, 0.29) is 27.0 Å². The SMILES string of the molecule is Fc1ccc([I+]c2ccccc2)cc1.O=S(=O)([O-])C(F)(F)C(F)(F)C(F)(F)C(F)(F)C(F)(F)C(F)(F)C(F)(F)C(F)(F)F. The fraction of sp³-hybridized carbons (Fsp3) is 0.400. The van der Waals surface area contributed by atoms with Crippen LogP contribution in [0.15, 0.2) is 54.6 Å². The summed E-state index contributed by atoms with van der Waals surface area (Å²) in [6.07, 6.45) is -7.89. The van der Waals surface area contributed by atoms with E-state index in [0.29, 0.717) is 0 Å². The van der Waals surface area contributed by atoms with Crippen molar-refractivity contribution in [2.45, 2.75) is 47.0 Å². The van der Waals surface area contributed by atoms with E-state index in [1.807, 2.05) is 30.3 Å². The molecule has 2 rings (SSSR count). The standard InChI is InChI=1S/C12H9FI.C8HF17O3S/c13-10-6-8-12(9-7-10)14-11-4-2-1-3-5-11;9-1(10,3(13,14)5(17,18)7(21,22)23)2(11,12)4(15,16)6(19,20)8(24,25)29(26,27)28/h1-9H;(H,26,27,28)/q+1;/p-1. The second kappa shape index (κ2) is 12.0. The molecule has 0 aliphatic rings. The monoisotopic (exact) mass is 798 g/mol. The molecule has 0 spiro atoms. The van der Waals surface area contributed by atoms with Gasteiger partial charge in [-0.15, -0.1) is 0 Å². The van der Waals surface area contributed by atoms with Crippen molar-refractivity contribution in [3.8, 4) is 0 Å². The van der Waals surface area contributed by atoms with Crippen LogP contribution in [0.2, 0.25) is 0 Å². The Kier molecular flexibility index (Phi) is 10.8. The largest absolute Gasteiger partial charge is 0.743 e. The van der Waals surface area contributed by atoms with Gasteiger partial charge in [0.15, 0.2) is 17.3 Å². The Morgan fingerprint density at radius 3 is 1.16 bits per heavy atom. The Bertz CT molecular complexity index is 1340. The normalized spacial score (nSPS) is 14.7. The minimum absolute atomic E-state index is 0.151. The van der Waals surface area contributed by atoms with Crippen molar-refractivity contribution in [2.24, 2.45) is 0 Å². The molecule has 3 nitrogen and oxygen atoms in total. The minimum Gasteiger partial charge on any atom is -0.743 e. The zero-order chi connectivity index (χ0) is 34.3. The van der Waals surface area contributed by atoms with Gasteiger partial charge < -0.3 is 4.55 Å². The molecule has 0 aromatic heterocycles. The summed E-state index contributed by atoms with van der Waals surface area (Å²) in [4.78, 5) is 0. The molecule has 23 heteroatoms. The van der Waals surface area contributed by atoms with Crippen molar-refractivity contribution < 1.29 is 113 Å². The predicted octanol–water partition coefficient (Wildman–Crippen LogP) is 4.45. The summed E-state index contributed by atoms with van der Waals surface area (Å²) in [6, 6.07) is 17.1. The van der Waals surface area contributed by atoms with Gasteiger partial charge in [-0.1, -0.05) is 18.2 Å². The van der Waals surface area contributed by atoms with E-state index in [2.05, 4.69) is 12.1 Å². The number of rotatable bonds is 9. The van der Waals surface area contributed by atoms with Crippen LogP contribution >= 0.6 is 0 Å². The average Bonchev–Trinajstić information content (AvgIpc) is 2.84. The molecule has 2 aromatic rings. The summed E-state index contributed by atoms with van der Waals surface area (Å²) in [5.41, 5.74) is 0. The van der Waals surface area contributed by atoms with E-state index in [1.165, 1.54) is 19.3 Å². The number of benzene rings is 2. The van der Waals surface area contributed by atoms with Gasteiger partial charge in [0.1, 0.15) is 5.82 Å². The molecular formula is C20H9F18IO3S. The van der Waals surface area contributed by atoms with Crippen LogP contribution in [0.1, 0.15) is 0 Å². The first kappa shape index (κ1) is 38.8. The molecule has 0 aliphatic carbocycles. The van der Waals surface area contributed by atoms with Crippen molar-refractivity contribution in [2.75, 3.05) is 0 Å². The maximum Gasteiger partial charge on any atom is 0.460 e. The Labute approximate surface area is 237 Å². The van der Waals surface area contributed by atoms with Gasteiger partial charge in [0.25, 0.3) is 0 Å². The van der Waals surface area contributed by atoms with E-state index in [9.17, 15) is 92.0 Å². The van der Waals surface area contributed by atoms with E-state index < -0.39 is 57.1 Å². The lowest BCUT2D eigenvalue weighted by Crippen LogP contribution is -3.61. The van der Waals surface area contributed by atoms with E-state index in [4.69, 9.17) is 0 Å². The first-order valence-corrected chi connectivity index (χ1v) is 13.5. The molecule has 43 heavy (non-hydrogen) atoms. The predicted molar refractivity (Wildman–Crippen MR) is 101 cm³/mol. The quantitative estimate of drug-likeness (QED) is 0.214. The molecule has 0 unspecified atom stereocenters. The minimum atomic E-state index is -8.92. The van der Waals surface area contributed by atoms with Crippen LogP contribution in [0.25, 0.3) is 0 Å². The van der Waals surface area contributed by atoms with E-state index in [1.54, 1.807) is 0 Å². The van der Waals surface area contributed by atoms with Gasteiger partial charge in [-0.2, -0.15) is 74.6 Å². The lowest BCUT2D eigenvalue weighted by Gasteiger charge is -2.42. The molecule has 0 heterocycles. The number of halogens is 19. The van der Waals surface area contributed by atoms with Crippen LogP contribution in [0, 0.1) is 13.0 Å². The highest BCUT2D eigenvalue weighted by molar-refractivity contribution is 7.86. The summed E-state index contributed by atoms with van der Waals surface area (Å²) >= 11 is -0.151. The Morgan fingerprint density at radius 1 is 0.488 bits per heavy atom. The van der Waals surface area contributed by atoms with Gasteiger partial charge in [0, 0.05) is 0 Å². The fourth-order valence-corrected chi connectivity index (χ4v) is 5.06. The molecule has 0 atom stereocenters. The Balaban J connectivity index is 0.000000541. The molecular weight excluding hydrogens is 789 g/mol. The van der Waals surface area contributed by atoms with Crippen molar-refractivity contribution in [3.05, 3.63) is 67.6 Å². The molecule has 2 aromatic carbocycles. The third-order valence-corrected chi connectivity index (χ3v) is 8.33. The molecule has 246 valence electrons. The molecule has 0 radical (unpaired) electrons. The van der Waals surface area contributed by atoms with Crippen molar-refractivity contribution >= 4 is 10.1 Å². The highest BCUT2D eigenvalue weighted by Gasteiger charge is 2.95. The zero-order valence-corrected chi connectivity index (χ0v) is 22.5. The van der Waals surface area contributed by atoms with Crippen LogP contribution in [0.4, 0.5) is 79.0 Å². The lowest BCUT2D eigenvalue weighted by molar-refractivity contribution is -0.597. The Morgan fingerprint density at radius 2 is 0.814 bits per heavy atom. The average molecular weight is 798 g/mol. The topological polar surface area (TPSA) is 57.2 Å². The maximum atomic E-state index is 13.0. The zero-order valence-electron chi connectivity index (χ0n) is 19.5. The first-order chi connectivity index (χ1) is 18.8. The second-order valence-corrected chi connectivity index (χ2v) is 12.2. The third-order valence-electron chi connectivity index (χ3n) is 4.76. The van der Waals surface area contributed by atoms with Crippen molar-refractivity contribution in [3.63, 3.8) is 0 Å². The van der Waals surface area contributed by atoms with Crippen LogP contribution in [-0.2, 0) is 10.1 Å². The molecule has 0 amide bonds. The maximum absolute atomic E-state index is 13.0. The smallest absolute Gasteiger partial charge is 0.460 e. The molecule has 0 N–H and O–H groups in total. The van der Waals surface area contributed by atoms with Crippen LogP contribution in [0.5, 0.6) is 0 Å². The van der Waals surface area contributed by atoms with Gasteiger partial charge in [-0.3, -0.25) is 0 Å². The van der Waals surface area contributed by atoms with Gasteiger partial charge in [0.05, 0.1) is 0 Å². The summed E-state index contributed by atoms with van der Waals surface area (Å²) < 4.78 is 259. The van der Waals surface area contributed by atoms with Gasteiger partial charge in [-0.05, 0) is 36.4 Å². The summed E-state index contributed by atoms with van der Waals surface area (Å²) in [6.45, 7) is 0. The van der Waals surface area contributed by atoms with E-state index in [0.717, 1.165) is 0 Å². The summed E-state index contributed by atoms with van der Waals surface area (Å²) in [7, 11) is -8.14. The van der Waals surface area contributed by atoms with Gasteiger partial charge in [0.2, 0.25) is 0 Å². The molecule has 0 aliphatic heterocycles. The Hall–Kier alpha value is -2.18. The first-order valence-electron chi connectivity index (χ1n) is 9.97. The highest BCUT2D eigenvalue weighted by Crippen LogP contribution is 2.64. The third kappa shape index (κ3) is 6.76. The van der Waals surface area contributed by atoms with Crippen molar-refractivity contribution in [1.29, 1.82) is 0 Å². The second-order valence-electron chi connectivity index (χ2n) is 7.74. The summed E-state index contributed by atoms with van der Waals surface area (Å²) in [5, 5.41) is -7.95. The number of alkyl halides is 17. The molecule has 0 fully saturated rings. The molecule has 0 saturated heterocycles. The van der Waals surface area contributed by atoms with Gasteiger partial charge in [-0.25, -0.2) is 12.8 Å². The number of hydrogen-bond acceptors (Lipinski definition) is 3. The van der Waals surface area contributed by atoms with Crippen LogP contribution < -0.4 is 21.2 Å². The van der Waals surface area contributed by atoms with Gasteiger partial charge >= 0.3 is 68.2 Å². The summed E-state index contributed by atoms with van der Waals surface area (Å²) in [5.74, 6) is -52.3. The van der Waals surface area contributed by atoms with Crippen molar-refractivity contribution in [1.82, 2.24) is 0 Å².